The van der Waals surface area contributed by atoms with E-state index in [2.05, 4.69) is 22.5 Å². The van der Waals surface area contributed by atoms with Crippen molar-refractivity contribution in [3.63, 3.8) is 0 Å². The standard InChI is InChI=1S/C24H20BrF2N5O3/c1-3-9-35-22(33)19-13(2)31(16-6-4-5-15(11-16)21(26)27)23(29)32(24(30)34)20(19)17-8-7-14(12-28)10-18(17)25/h3-8,10-11,20-21,29H,1,9H2,2H3,(H2,30,34). The molecule has 11 heteroatoms. The second-order valence-corrected chi connectivity index (χ2v) is 8.25. The molecule has 0 spiro atoms. The molecule has 0 bridgehead atoms. The van der Waals surface area contributed by atoms with Crippen LogP contribution in [0.1, 0.15) is 36.1 Å². The Morgan fingerprint density at radius 1 is 1.34 bits per heavy atom. The summed E-state index contributed by atoms with van der Waals surface area (Å²) in [5.74, 6) is -1.28. The summed E-state index contributed by atoms with van der Waals surface area (Å²) < 4.78 is 32.4. The number of carbonyl (C=O) groups is 2. The van der Waals surface area contributed by atoms with Gasteiger partial charge in [-0.3, -0.25) is 15.2 Å². The van der Waals surface area contributed by atoms with Gasteiger partial charge in [0.1, 0.15) is 12.6 Å². The molecule has 0 saturated carbocycles. The number of esters is 1. The zero-order chi connectivity index (χ0) is 25.9. The van der Waals surface area contributed by atoms with Gasteiger partial charge in [-0.25, -0.2) is 18.4 Å². The number of hydrogen-bond donors (Lipinski definition) is 2. The van der Waals surface area contributed by atoms with Crippen LogP contribution in [0.2, 0.25) is 0 Å². The van der Waals surface area contributed by atoms with E-state index in [9.17, 15) is 23.6 Å². The number of benzene rings is 2. The van der Waals surface area contributed by atoms with E-state index in [1.165, 1.54) is 54.3 Å². The number of nitrogens with one attached hydrogen (secondary N) is 1. The largest absolute Gasteiger partial charge is 0.458 e. The number of allylic oxidation sites excluding steroid dienone is 1. The number of hydrogen-bond acceptors (Lipinski definition) is 5. The summed E-state index contributed by atoms with van der Waals surface area (Å²) in [5, 5.41) is 18.0. The number of rotatable bonds is 6. The Bertz CT molecular complexity index is 1290. The van der Waals surface area contributed by atoms with Gasteiger partial charge in [0.25, 0.3) is 6.43 Å². The molecule has 2 aromatic carbocycles. The Morgan fingerprint density at radius 2 is 2.06 bits per heavy atom. The third-order valence-corrected chi connectivity index (χ3v) is 5.98. The Kier molecular flexibility index (Phi) is 7.66. The van der Waals surface area contributed by atoms with Gasteiger partial charge >= 0.3 is 12.0 Å². The van der Waals surface area contributed by atoms with Crippen molar-refractivity contribution >= 4 is 39.6 Å². The van der Waals surface area contributed by atoms with Crippen LogP contribution in [0, 0.1) is 16.7 Å². The van der Waals surface area contributed by atoms with Crippen molar-refractivity contribution in [3.05, 3.63) is 87.6 Å². The van der Waals surface area contributed by atoms with Gasteiger partial charge in [0.15, 0.2) is 0 Å². The highest BCUT2D eigenvalue weighted by Gasteiger charge is 2.44. The maximum Gasteiger partial charge on any atom is 0.338 e. The van der Waals surface area contributed by atoms with Crippen molar-refractivity contribution in [1.29, 1.82) is 10.7 Å². The van der Waals surface area contributed by atoms with Crippen LogP contribution in [0.5, 0.6) is 0 Å². The van der Waals surface area contributed by atoms with Gasteiger partial charge < -0.3 is 10.5 Å². The lowest BCUT2D eigenvalue weighted by Crippen LogP contribution is -2.55. The molecule has 2 aromatic rings. The summed E-state index contributed by atoms with van der Waals surface area (Å²) in [6.45, 7) is 4.90. The number of carbonyl (C=O) groups excluding carboxylic acids is 2. The third kappa shape index (κ3) is 4.93. The van der Waals surface area contributed by atoms with Crippen LogP contribution in [-0.2, 0) is 9.53 Å². The molecule has 0 radical (unpaired) electrons. The highest BCUT2D eigenvalue weighted by atomic mass is 79.9. The summed E-state index contributed by atoms with van der Waals surface area (Å²) in [5.41, 5.74) is 6.29. The molecular formula is C24H20BrF2N5O3. The Balaban J connectivity index is 2.32. The summed E-state index contributed by atoms with van der Waals surface area (Å²) in [6, 6.07) is 9.47. The number of ether oxygens (including phenoxy) is 1. The molecule has 1 unspecified atom stereocenters. The topological polar surface area (TPSA) is 124 Å². The SMILES string of the molecule is C=CCOC(=O)C1=C(C)N(c2cccc(C(F)F)c2)C(=N)N(C(N)=O)C1c1ccc(C#N)cc1Br. The van der Waals surface area contributed by atoms with Gasteiger partial charge in [0.2, 0.25) is 5.96 Å². The number of amides is 2. The molecule has 8 nitrogen and oxygen atoms in total. The van der Waals surface area contributed by atoms with Gasteiger partial charge in [0.05, 0.1) is 17.2 Å². The molecule has 0 aliphatic carbocycles. The maximum atomic E-state index is 13.4. The summed E-state index contributed by atoms with van der Waals surface area (Å²) in [7, 11) is 0. The van der Waals surface area contributed by atoms with Crippen molar-refractivity contribution in [3.8, 4) is 6.07 Å². The van der Waals surface area contributed by atoms with Gasteiger partial charge in [-0.05, 0) is 36.8 Å². The summed E-state index contributed by atoms with van der Waals surface area (Å²) >= 11 is 3.37. The second kappa shape index (κ2) is 10.5. The first kappa shape index (κ1) is 25.6. The van der Waals surface area contributed by atoms with Crippen LogP contribution in [0.4, 0.5) is 19.3 Å². The highest BCUT2D eigenvalue weighted by molar-refractivity contribution is 9.10. The van der Waals surface area contributed by atoms with E-state index >= 15 is 0 Å². The smallest absolute Gasteiger partial charge is 0.338 e. The number of nitrogens with zero attached hydrogens (tertiary/aromatic N) is 3. The van der Waals surface area contributed by atoms with Crippen LogP contribution in [0.3, 0.4) is 0 Å². The third-order valence-electron chi connectivity index (χ3n) is 5.29. The number of guanidine groups is 1. The molecule has 1 atom stereocenters. The molecule has 3 rings (SSSR count). The molecule has 1 aliphatic rings. The molecule has 2 amide bonds. The second-order valence-electron chi connectivity index (χ2n) is 7.40. The average Bonchev–Trinajstić information content (AvgIpc) is 2.82. The zero-order valence-corrected chi connectivity index (χ0v) is 20.1. The van der Waals surface area contributed by atoms with E-state index in [1.54, 1.807) is 0 Å². The predicted octanol–water partition coefficient (Wildman–Crippen LogP) is 5.14. The van der Waals surface area contributed by atoms with E-state index in [0.717, 1.165) is 11.0 Å². The molecule has 1 aliphatic heterocycles. The summed E-state index contributed by atoms with van der Waals surface area (Å²) in [6.07, 6.45) is -1.41. The lowest BCUT2D eigenvalue weighted by Gasteiger charge is -2.43. The molecular weight excluding hydrogens is 524 g/mol. The Morgan fingerprint density at radius 3 is 2.63 bits per heavy atom. The first-order valence-electron chi connectivity index (χ1n) is 10.2. The number of halogens is 3. The quantitative estimate of drug-likeness (QED) is 0.385. The van der Waals surface area contributed by atoms with Crippen molar-refractivity contribution in [2.24, 2.45) is 5.73 Å². The van der Waals surface area contributed by atoms with Crippen molar-refractivity contribution < 1.29 is 23.1 Å². The van der Waals surface area contributed by atoms with Crippen molar-refractivity contribution in [1.82, 2.24) is 4.90 Å². The van der Waals surface area contributed by atoms with Gasteiger partial charge in [-0.2, -0.15) is 5.26 Å². The fourth-order valence-electron chi connectivity index (χ4n) is 3.77. The zero-order valence-electron chi connectivity index (χ0n) is 18.5. The van der Waals surface area contributed by atoms with Crippen LogP contribution >= 0.6 is 15.9 Å². The number of alkyl halides is 2. The van der Waals surface area contributed by atoms with Crippen LogP contribution in [0.25, 0.3) is 0 Å². The van der Waals surface area contributed by atoms with Gasteiger partial charge in [0, 0.05) is 21.4 Å². The maximum absolute atomic E-state index is 13.4. The lowest BCUT2D eigenvalue weighted by molar-refractivity contribution is -0.138. The lowest BCUT2D eigenvalue weighted by atomic mass is 9.92. The number of anilines is 1. The minimum absolute atomic E-state index is 0.0468. The molecule has 0 saturated heterocycles. The van der Waals surface area contributed by atoms with E-state index < -0.39 is 30.4 Å². The van der Waals surface area contributed by atoms with Crippen LogP contribution in [-0.4, -0.2) is 29.5 Å². The molecule has 180 valence electrons. The van der Waals surface area contributed by atoms with Crippen LogP contribution < -0.4 is 10.6 Å². The molecule has 35 heavy (non-hydrogen) atoms. The normalized spacial score (nSPS) is 15.8. The van der Waals surface area contributed by atoms with Gasteiger partial charge in [-0.1, -0.05) is 46.8 Å². The van der Waals surface area contributed by atoms with E-state index in [1.807, 2.05) is 6.07 Å². The monoisotopic (exact) mass is 543 g/mol. The molecule has 0 aromatic heterocycles. The molecule has 3 N–H and O–H groups in total. The summed E-state index contributed by atoms with van der Waals surface area (Å²) in [4.78, 5) is 27.9. The van der Waals surface area contributed by atoms with E-state index in [-0.39, 0.29) is 29.1 Å². The Labute approximate surface area is 208 Å². The number of urea groups is 1. The molecule has 0 fully saturated rings. The van der Waals surface area contributed by atoms with Crippen molar-refractivity contribution in [2.75, 3.05) is 11.5 Å². The fourth-order valence-corrected chi connectivity index (χ4v) is 4.36. The Hall–Kier alpha value is -4.04. The van der Waals surface area contributed by atoms with Gasteiger partial charge in [-0.15, -0.1) is 0 Å². The van der Waals surface area contributed by atoms with Crippen molar-refractivity contribution in [2.45, 2.75) is 19.4 Å². The average molecular weight is 544 g/mol. The van der Waals surface area contributed by atoms with E-state index in [4.69, 9.17) is 15.9 Å². The predicted molar refractivity (Wildman–Crippen MR) is 128 cm³/mol. The minimum atomic E-state index is -2.77. The minimum Gasteiger partial charge on any atom is -0.458 e. The van der Waals surface area contributed by atoms with E-state index in [0.29, 0.717) is 15.6 Å². The fraction of sp³-hybridized carbons (Fsp3) is 0.167. The highest BCUT2D eigenvalue weighted by Crippen LogP contribution is 2.42. The number of nitriles is 1. The van der Waals surface area contributed by atoms with Crippen LogP contribution in [0.15, 0.2) is 70.9 Å². The number of nitrogens with two attached hydrogens (primary N) is 1. The first-order valence-corrected chi connectivity index (χ1v) is 10.9. The molecule has 1 heterocycles. The first-order chi connectivity index (χ1) is 16.6. The number of primary amides is 1.